The van der Waals surface area contributed by atoms with Crippen LogP contribution in [0.3, 0.4) is 0 Å². The van der Waals surface area contributed by atoms with Gasteiger partial charge in [0.2, 0.25) is 0 Å². The minimum Gasteiger partial charge on any atom is -0.496 e. The molecule has 0 radical (unpaired) electrons. The average Bonchev–Trinajstić information content (AvgIpc) is 3.29. The van der Waals surface area contributed by atoms with Gasteiger partial charge in [-0.25, -0.2) is 13.2 Å². The van der Waals surface area contributed by atoms with E-state index in [0.717, 1.165) is 0 Å². The molecule has 0 aliphatic carbocycles. The van der Waals surface area contributed by atoms with Gasteiger partial charge < -0.3 is 14.8 Å². The molecule has 0 atom stereocenters. The van der Waals surface area contributed by atoms with Crippen molar-refractivity contribution < 1.29 is 27.5 Å². The maximum atomic E-state index is 13.3. The van der Waals surface area contributed by atoms with Crippen LogP contribution in [0, 0.1) is 0 Å². The zero-order valence-corrected chi connectivity index (χ0v) is 20.7. The number of fused-ring (bicyclic) bond motifs is 1. The number of nitrogens with zero attached hydrogens (tertiary/aromatic N) is 1. The molecule has 1 heterocycles. The van der Waals surface area contributed by atoms with E-state index < -0.39 is 21.9 Å². The largest absolute Gasteiger partial charge is 0.496 e. The zero-order valence-electron chi connectivity index (χ0n) is 19.1. The Hall–Kier alpha value is -3.56. The molecule has 0 bridgehead atoms. The molecule has 35 heavy (non-hydrogen) atoms. The lowest BCUT2D eigenvalue weighted by Crippen LogP contribution is -2.29. The van der Waals surface area contributed by atoms with Crippen molar-refractivity contribution in [3.05, 3.63) is 82.4 Å². The quantitative estimate of drug-likeness (QED) is 0.465. The third-order valence-electron chi connectivity index (χ3n) is 5.54. The molecular weight excluding hydrogens is 492 g/mol. The van der Waals surface area contributed by atoms with Gasteiger partial charge in [0.1, 0.15) is 5.75 Å². The number of ether oxygens (including phenoxy) is 2. The van der Waals surface area contributed by atoms with Crippen LogP contribution in [-0.4, -0.2) is 40.6 Å². The number of carbonyl (C=O) groups excluding carboxylic acids is 2. The van der Waals surface area contributed by atoms with E-state index in [9.17, 15) is 18.0 Å². The molecule has 0 aromatic heterocycles. The minimum absolute atomic E-state index is 0.0633. The summed E-state index contributed by atoms with van der Waals surface area (Å²) in [5, 5.41) is 3.07. The van der Waals surface area contributed by atoms with Crippen molar-refractivity contribution in [1.82, 2.24) is 0 Å². The number of benzene rings is 3. The van der Waals surface area contributed by atoms with E-state index in [2.05, 4.69) is 5.32 Å². The lowest BCUT2D eigenvalue weighted by atomic mass is 10.1. The molecular formula is C25H23ClN2O6S. The number of nitrogens with one attached hydrogen (secondary N) is 1. The van der Waals surface area contributed by atoms with Gasteiger partial charge in [0.25, 0.3) is 15.9 Å². The standard InChI is InChI=1S/C25H23ClN2O6S/c1-3-34-25(30)16-7-9-19(10-8-16)27-24(29)17-13-22-21(23(14-17)33-2)11-12-28(22)35(31,32)20-6-4-5-18(26)15-20/h4-10,13-15H,3,11-12H2,1-2H3,(H,27,29). The fourth-order valence-corrected chi connectivity index (χ4v) is 5.65. The number of amides is 1. The number of carbonyl (C=O) groups is 2. The first kappa shape index (κ1) is 24.6. The Balaban J connectivity index is 1.63. The zero-order chi connectivity index (χ0) is 25.2. The summed E-state index contributed by atoms with van der Waals surface area (Å²) < 4.78 is 38.4. The summed E-state index contributed by atoms with van der Waals surface area (Å²) in [6, 6.07) is 15.4. The number of esters is 1. The maximum absolute atomic E-state index is 13.3. The van der Waals surface area contributed by atoms with E-state index in [1.165, 1.54) is 29.6 Å². The van der Waals surface area contributed by atoms with E-state index in [0.29, 0.717) is 39.7 Å². The Kier molecular flexibility index (Phi) is 7.00. The first-order valence-electron chi connectivity index (χ1n) is 10.8. The molecule has 8 nitrogen and oxygen atoms in total. The van der Waals surface area contributed by atoms with Crippen LogP contribution in [-0.2, 0) is 21.2 Å². The first-order valence-corrected chi connectivity index (χ1v) is 12.6. The smallest absolute Gasteiger partial charge is 0.338 e. The first-order chi connectivity index (χ1) is 16.7. The maximum Gasteiger partial charge on any atom is 0.338 e. The van der Waals surface area contributed by atoms with Crippen LogP contribution in [0.4, 0.5) is 11.4 Å². The van der Waals surface area contributed by atoms with Gasteiger partial charge in [0.05, 0.1) is 29.9 Å². The normalized spacial score (nSPS) is 12.7. The van der Waals surface area contributed by atoms with Crippen LogP contribution in [0.1, 0.15) is 33.2 Å². The van der Waals surface area contributed by atoms with Crippen LogP contribution in [0.5, 0.6) is 5.75 Å². The van der Waals surface area contributed by atoms with Gasteiger partial charge in [-0.05, 0) is 67.9 Å². The van der Waals surface area contributed by atoms with Crippen molar-refractivity contribution in [3.8, 4) is 5.75 Å². The van der Waals surface area contributed by atoms with E-state index in [-0.39, 0.29) is 23.6 Å². The molecule has 182 valence electrons. The van der Waals surface area contributed by atoms with Crippen molar-refractivity contribution in [1.29, 1.82) is 0 Å². The van der Waals surface area contributed by atoms with Crippen LogP contribution in [0.2, 0.25) is 5.02 Å². The predicted octanol–water partition coefficient (Wildman–Crippen LogP) is 4.53. The minimum atomic E-state index is -3.90. The number of methoxy groups -OCH3 is 1. The number of anilines is 2. The topological polar surface area (TPSA) is 102 Å². The summed E-state index contributed by atoms with van der Waals surface area (Å²) in [6.45, 7) is 2.20. The van der Waals surface area contributed by atoms with E-state index in [1.54, 1.807) is 49.4 Å². The average molecular weight is 515 g/mol. The second-order valence-corrected chi connectivity index (χ2v) is 10.0. The monoisotopic (exact) mass is 514 g/mol. The SMILES string of the molecule is CCOC(=O)c1ccc(NC(=O)c2cc(OC)c3c(c2)N(S(=O)(=O)c2cccc(Cl)c2)CC3)cc1. The van der Waals surface area contributed by atoms with Crippen LogP contribution >= 0.6 is 11.6 Å². The molecule has 0 unspecified atom stereocenters. The summed E-state index contributed by atoms with van der Waals surface area (Å²) in [5.41, 5.74) is 2.14. The highest BCUT2D eigenvalue weighted by atomic mass is 35.5. The van der Waals surface area contributed by atoms with Crippen molar-refractivity contribution in [2.75, 3.05) is 29.9 Å². The molecule has 0 spiro atoms. The number of hydrogen-bond donors (Lipinski definition) is 1. The van der Waals surface area contributed by atoms with Gasteiger partial charge in [-0.3, -0.25) is 9.10 Å². The van der Waals surface area contributed by atoms with Crippen molar-refractivity contribution >= 4 is 44.9 Å². The Morgan fingerprint density at radius 1 is 1.06 bits per heavy atom. The van der Waals surface area contributed by atoms with Crippen molar-refractivity contribution in [3.63, 3.8) is 0 Å². The van der Waals surface area contributed by atoms with Crippen LogP contribution in [0.25, 0.3) is 0 Å². The molecule has 3 aromatic carbocycles. The summed E-state index contributed by atoms with van der Waals surface area (Å²) >= 11 is 6.01. The van der Waals surface area contributed by atoms with Crippen molar-refractivity contribution in [2.45, 2.75) is 18.2 Å². The Morgan fingerprint density at radius 3 is 2.46 bits per heavy atom. The molecule has 4 rings (SSSR count). The highest BCUT2D eigenvalue weighted by Gasteiger charge is 2.34. The Bertz CT molecular complexity index is 1390. The summed E-state index contributed by atoms with van der Waals surface area (Å²) in [7, 11) is -2.43. The third-order valence-corrected chi connectivity index (χ3v) is 7.58. The molecule has 1 aliphatic rings. The van der Waals surface area contributed by atoms with Gasteiger partial charge in [-0.2, -0.15) is 0 Å². The molecule has 0 fully saturated rings. The molecule has 0 saturated carbocycles. The number of rotatable bonds is 7. The van der Waals surface area contributed by atoms with E-state index in [1.807, 2.05) is 0 Å². The number of hydrogen-bond acceptors (Lipinski definition) is 6. The summed E-state index contributed by atoms with van der Waals surface area (Å²) in [5.74, 6) is -0.481. The van der Waals surface area contributed by atoms with Crippen molar-refractivity contribution in [2.24, 2.45) is 0 Å². The van der Waals surface area contributed by atoms with E-state index >= 15 is 0 Å². The van der Waals surface area contributed by atoms with Gasteiger partial charge >= 0.3 is 5.97 Å². The number of halogens is 1. The van der Waals surface area contributed by atoms with Gasteiger partial charge in [0.15, 0.2) is 0 Å². The lowest BCUT2D eigenvalue weighted by molar-refractivity contribution is 0.0526. The molecule has 3 aromatic rings. The second kappa shape index (κ2) is 9.97. The molecule has 1 aliphatic heterocycles. The van der Waals surface area contributed by atoms with E-state index in [4.69, 9.17) is 21.1 Å². The second-order valence-electron chi connectivity index (χ2n) is 7.71. The molecule has 1 N–H and O–H groups in total. The predicted molar refractivity (Wildman–Crippen MR) is 133 cm³/mol. The van der Waals surface area contributed by atoms with Crippen LogP contribution in [0.15, 0.2) is 65.6 Å². The Labute approximate surface area is 208 Å². The van der Waals surface area contributed by atoms with Gasteiger partial charge in [0, 0.05) is 28.4 Å². The number of sulfonamides is 1. The highest BCUT2D eigenvalue weighted by molar-refractivity contribution is 7.92. The molecule has 10 heteroatoms. The summed E-state index contributed by atoms with van der Waals surface area (Å²) in [6.07, 6.45) is 0.440. The highest BCUT2D eigenvalue weighted by Crippen LogP contribution is 2.40. The fourth-order valence-electron chi connectivity index (χ4n) is 3.86. The van der Waals surface area contributed by atoms with Gasteiger partial charge in [-0.1, -0.05) is 17.7 Å². The lowest BCUT2D eigenvalue weighted by Gasteiger charge is -2.21. The van der Waals surface area contributed by atoms with Gasteiger partial charge in [-0.15, -0.1) is 0 Å². The summed E-state index contributed by atoms with van der Waals surface area (Å²) in [4.78, 5) is 24.9. The molecule has 1 amide bonds. The molecule has 0 saturated heterocycles. The fraction of sp³-hybridized carbons (Fsp3) is 0.200. The third kappa shape index (κ3) is 4.96. The Morgan fingerprint density at radius 2 is 1.80 bits per heavy atom. The van der Waals surface area contributed by atoms with Crippen LogP contribution < -0.4 is 14.4 Å².